The molecule has 1 nitrogen and oxygen atoms in total. The summed E-state index contributed by atoms with van der Waals surface area (Å²) in [4.78, 5) is 0. The van der Waals surface area contributed by atoms with Crippen LogP contribution in [0.25, 0.3) is 11.1 Å². The van der Waals surface area contributed by atoms with Crippen LogP contribution in [0.4, 0.5) is 0 Å². The summed E-state index contributed by atoms with van der Waals surface area (Å²) in [7, 11) is 1.70. The minimum atomic E-state index is 0.878. The summed E-state index contributed by atoms with van der Waals surface area (Å²) in [6.07, 6.45) is 0.970. The third-order valence-electron chi connectivity index (χ3n) is 4.29. The number of methoxy groups -OCH3 is 1. The van der Waals surface area contributed by atoms with Crippen molar-refractivity contribution in [2.75, 3.05) is 7.11 Å². The predicted octanol–water partition coefficient (Wildman–Crippen LogP) is 6.67. The lowest BCUT2D eigenvalue weighted by Crippen LogP contribution is -1.95. The standard InChI is InChI=1S/C23H21IO/c1-3-22(17-7-5-4-6-8-17)23(18-9-13-20(24)14-10-18)19-11-15-21(25-2)16-12-19/h4-16H,3H2,1-2H3. The summed E-state index contributed by atoms with van der Waals surface area (Å²) < 4.78 is 6.57. The monoisotopic (exact) mass is 440 g/mol. The maximum Gasteiger partial charge on any atom is 0.118 e. The second-order valence-electron chi connectivity index (χ2n) is 5.81. The van der Waals surface area contributed by atoms with Crippen LogP contribution in [0, 0.1) is 3.57 Å². The lowest BCUT2D eigenvalue weighted by molar-refractivity contribution is 0.415. The fourth-order valence-corrected chi connectivity index (χ4v) is 3.41. The topological polar surface area (TPSA) is 9.23 Å². The molecule has 0 unspecified atom stereocenters. The van der Waals surface area contributed by atoms with Crippen molar-refractivity contribution in [1.29, 1.82) is 0 Å². The number of allylic oxidation sites excluding steroid dienone is 1. The molecule has 0 saturated carbocycles. The maximum atomic E-state index is 5.32. The van der Waals surface area contributed by atoms with Crippen molar-refractivity contribution in [3.8, 4) is 5.75 Å². The van der Waals surface area contributed by atoms with E-state index in [1.54, 1.807) is 7.11 Å². The first-order valence-electron chi connectivity index (χ1n) is 8.42. The SMILES string of the molecule is CCC(=C(c1ccc(I)cc1)c1ccc(OC)cc1)c1ccccc1. The molecule has 3 aromatic carbocycles. The second-order valence-corrected chi connectivity index (χ2v) is 7.05. The van der Waals surface area contributed by atoms with E-state index in [9.17, 15) is 0 Å². The molecule has 0 radical (unpaired) electrons. The van der Waals surface area contributed by atoms with Gasteiger partial charge in [-0.25, -0.2) is 0 Å². The zero-order valence-electron chi connectivity index (χ0n) is 14.5. The molecule has 0 saturated heterocycles. The number of hydrogen-bond donors (Lipinski definition) is 0. The zero-order valence-corrected chi connectivity index (χ0v) is 16.7. The van der Waals surface area contributed by atoms with Crippen molar-refractivity contribution >= 4 is 33.7 Å². The first-order valence-corrected chi connectivity index (χ1v) is 9.49. The van der Waals surface area contributed by atoms with Gasteiger partial charge in [0.25, 0.3) is 0 Å². The van der Waals surface area contributed by atoms with Crippen molar-refractivity contribution in [3.05, 3.63) is 99.1 Å². The molecule has 0 fully saturated rings. The Morgan fingerprint density at radius 2 is 1.32 bits per heavy atom. The molecule has 2 heteroatoms. The van der Waals surface area contributed by atoms with Gasteiger partial charge < -0.3 is 4.74 Å². The summed E-state index contributed by atoms with van der Waals surface area (Å²) in [6, 6.07) is 27.7. The van der Waals surface area contributed by atoms with Crippen LogP contribution in [0.5, 0.6) is 5.75 Å². The minimum Gasteiger partial charge on any atom is -0.497 e. The van der Waals surface area contributed by atoms with Gasteiger partial charge in [0.1, 0.15) is 5.75 Å². The Balaban J connectivity index is 2.23. The van der Waals surface area contributed by atoms with E-state index in [1.807, 2.05) is 12.1 Å². The summed E-state index contributed by atoms with van der Waals surface area (Å²) in [5.74, 6) is 0.878. The van der Waals surface area contributed by atoms with Gasteiger partial charge in [-0.1, -0.05) is 61.5 Å². The van der Waals surface area contributed by atoms with Crippen molar-refractivity contribution < 1.29 is 4.74 Å². The van der Waals surface area contributed by atoms with E-state index in [0.717, 1.165) is 12.2 Å². The summed E-state index contributed by atoms with van der Waals surface area (Å²) in [5, 5.41) is 0. The molecule has 0 heterocycles. The van der Waals surface area contributed by atoms with Crippen LogP contribution in [-0.2, 0) is 0 Å². The summed E-state index contributed by atoms with van der Waals surface area (Å²) in [6.45, 7) is 2.22. The van der Waals surface area contributed by atoms with Gasteiger partial charge in [0.15, 0.2) is 0 Å². The lowest BCUT2D eigenvalue weighted by Gasteiger charge is -2.16. The Hall–Kier alpha value is -2.07. The molecule has 3 aromatic rings. The highest BCUT2D eigenvalue weighted by Gasteiger charge is 2.13. The molecule has 0 amide bonds. The minimum absolute atomic E-state index is 0.878. The van der Waals surface area contributed by atoms with Gasteiger partial charge in [0, 0.05) is 3.57 Å². The van der Waals surface area contributed by atoms with Crippen LogP contribution in [-0.4, -0.2) is 7.11 Å². The Morgan fingerprint density at radius 3 is 1.84 bits per heavy atom. The number of benzene rings is 3. The Bertz CT molecular complexity index is 847. The molecule has 0 aliphatic carbocycles. The molecule has 0 spiro atoms. The Morgan fingerprint density at radius 1 is 0.760 bits per heavy atom. The quantitative estimate of drug-likeness (QED) is 0.318. The Labute approximate surface area is 163 Å². The van der Waals surface area contributed by atoms with Crippen molar-refractivity contribution in [3.63, 3.8) is 0 Å². The maximum absolute atomic E-state index is 5.32. The molecule has 0 atom stereocenters. The summed E-state index contributed by atoms with van der Waals surface area (Å²) in [5.41, 5.74) is 6.36. The number of ether oxygens (including phenoxy) is 1. The zero-order chi connectivity index (χ0) is 17.6. The normalized spacial score (nSPS) is 11.8. The fraction of sp³-hybridized carbons (Fsp3) is 0.130. The fourth-order valence-electron chi connectivity index (χ4n) is 3.05. The van der Waals surface area contributed by atoms with Crippen LogP contribution < -0.4 is 4.74 Å². The van der Waals surface area contributed by atoms with Crippen LogP contribution in [0.3, 0.4) is 0 Å². The molecule has 0 aliphatic rings. The first-order chi connectivity index (χ1) is 12.2. The van der Waals surface area contributed by atoms with E-state index in [2.05, 4.69) is 96.2 Å². The molecule has 0 bridgehead atoms. The van der Waals surface area contributed by atoms with E-state index in [0.29, 0.717) is 0 Å². The highest BCUT2D eigenvalue weighted by Crippen LogP contribution is 2.35. The highest BCUT2D eigenvalue weighted by molar-refractivity contribution is 14.1. The van der Waals surface area contributed by atoms with Crippen LogP contribution in [0.15, 0.2) is 78.9 Å². The van der Waals surface area contributed by atoms with Gasteiger partial charge in [-0.2, -0.15) is 0 Å². The molecule has 126 valence electrons. The number of halogens is 1. The van der Waals surface area contributed by atoms with E-state index in [-0.39, 0.29) is 0 Å². The van der Waals surface area contributed by atoms with Crippen LogP contribution >= 0.6 is 22.6 Å². The van der Waals surface area contributed by atoms with Gasteiger partial charge in [0.2, 0.25) is 0 Å². The van der Waals surface area contributed by atoms with Gasteiger partial charge >= 0.3 is 0 Å². The average Bonchev–Trinajstić information content (AvgIpc) is 2.68. The number of rotatable bonds is 5. The Kier molecular flexibility index (Phi) is 5.92. The lowest BCUT2D eigenvalue weighted by atomic mass is 9.88. The van der Waals surface area contributed by atoms with Gasteiger partial charge in [-0.3, -0.25) is 0 Å². The van der Waals surface area contributed by atoms with E-state index < -0.39 is 0 Å². The predicted molar refractivity (Wildman–Crippen MR) is 115 cm³/mol. The third kappa shape index (κ3) is 4.13. The highest BCUT2D eigenvalue weighted by atomic mass is 127. The molecule has 0 aliphatic heterocycles. The van der Waals surface area contributed by atoms with Crippen molar-refractivity contribution in [2.45, 2.75) is 13.3 Å². The molecular weight excluding hydrogens is 419 g/mol. The smallest absolute Gasteiger partial charge is 0.118 e. The third-order valence-corrected chi connectivity index (χ3v) is 5.01. The van der Waals surface area contributed by atoms with Crippen molar-refractivity contribution in [1.82, 2.24) is 0 Å². The second kappa shape index (κ2) is 8.34. The van der Waals surface area contributed by atoms with Crippen molar-refractivity contribution in [2.24, 2.45) is 0 Å². The number of hydrogen-bond acceptors (Lipinski definition) is 1. The van der Waals surface area contributed by atoms with Crippen LogP contribution in [0.1, 0.15) is 30.0 Å². The molecule has 3 rings (SSSR count). The average molecular weight is 440 g/mol. The molecule has 0 N–H and O–H groups in total. The van der Waals surface area contributed by atoms with E-state index in [4.69, 9.17) is 4.74 Å². The molecule has 0 aromatic heterocycles. The molecule has 25 heavy (non-hydrogen) atoms. The van der Waals surface area contributed by atoms with E-state index in [1.165, 1.54) is 31.4 Å². The van der Waals surface area contributed by atoms with Gasteiger partial charge in [-0.05, 0) is 81.1 Å². The summed E-state index contributed by atoms with van der Waals surface area (Å²) >= 11 is 2.35. The van der Waals surface area contributed by atoms with Gasteiger partial charge in [-0.15, -0.1) is 0 Å². The van der Waals surface area contributed by atoms with E-state index >= 15 is 0 Å². The first kappa shape index (κ1) is 17.7. The largest absolute Gasteiger partial charge is 0.497 e. The van der Waals surface area contributed by atoms with Gasteiger partial charge in [0.05, 0.1) is 7.11 Å². The van der Waals surface area contributed by atoms with Crippen LogP contribution in [0.2, 0.25) is 0 Å². The molecular formula is C23H21IO.